The number of hydrogen-bond donors (Lipinski definition) is 0. The van der Waals surface area contributed by atoms with Crippen LogP contribution in [0.4, 0.5) is 0 Å². The molecule has 0 saturated carbocycles. The number of aryl methyl sites for hydroxylation is 1. The minimum absolute atomic E-state index is 0.752. The Morgan fingerprint density at radius 3 is 2.33 bits per heavy atom. The average molecular weight is 276 g/mol. The summed E-state index contributed by atoms with van der Waals surface area (Å²) in [5.74, 6) is 2.36. The quantitative estimate of drug-likeness (QED) is 0.666. The predicted molar refractivity (Wildman–Crippen MR) is 89.0 cm³/mol. The van der Waals surface area contributed by atoms with Gasteiger partial charge in [0.15, 0.2) is 0 Å². The fourth-order valence-electron chi connectivity index (χ4n) is 4.63. The number of fused-ring (bicyclic) bond motifs is 2. The van der Waals surface area contributed by atoms with Gasteiger partial charge in [0.2, 0.25) is 0 Å². The molecule has 0 radical (unpaired) electrons. The highest BCUT2D eigenvalue weighted by molar-refractivity contribution is 5.38. The first-order valence-corrected chi connectivity index (χ1v) is 8.49. The van der Waals surface area contributed by atoms with Crippen LogP contribution in [0.25, 0.3) is 0 Å². The summed E-state index contributed by atoms with van der Waals surface area (Å²) >= 11 is 0. The molecule has 4 rings (SSSR count). The molecule has 0 amide bonds. The Bertz CT molecular complexity index is 640. The molecule has 0 heteroatoms. The molecule has 0 saturated heterocycles. The van der Waals surface area contributed by atoms with Crippen LogP contribution in [0.15, 0.2) is 48.5 Å². The summed E-state index contributed by atoms with van der Waals surface area (Å²) in [6.07, 6.45) is 6.73. The van der Waals surface area contributed by atoms with E-state index in [0.717, 1.165) is 17.8 Å². The molecule has 0 N–H and O–H groups in total. The van der Waals surface area contributed by atoms with Gasteiger partial charge in [0.05, 0.1) is 0 Å². The first kappa shape index (κ1) is 13.1. The second kappa shape index (κ2) is 5.33. The predicted octanol–water partition coefficient (Wildman–Crippen LogP) is 5.79. The van der Waals surface area contributed by atoms with Crippen LogP contribution in [0.1, 0.15) is 72.6 Å². The van der Waals surface area contributed by atoms with E-state index < -0.39 is 0 Å². The summed E-state index contributed by atoms with van der Waals surface area (Å²) in [6, 6.07) is 18.2. The van der Waals surface area contributed by atoms with Crippen molar-refractivity contribution in [2.45, 2.75) is 56.8 Å². The van der Waals surface area contributed by atoms with Crippen molar-refractivity contribution in [1.29, 1.82) is 0 Å². The number of benzene rings is 2. The Labute approximate surface area is 128 Å². The van der Waals surface area contributed by atoms with E-state index in [1.807, 2.05) is 0 Å². The molecule has 3 unspecified atom stereocenters. The monoisotopic (exact) mass is 276 g/mol. The third kappa shape index (κ3) is 2.31. The van der Waals surface area contributed by atoms with Crippen molar-refractivity contribution in [3.63, 3.8) is 0 Å². The van der Waals surface area contributed by atoms with Crippen LogP contribution in [0.5, 0.6) is 0 Å². The molecule has 0 aliphatic heterocycles. The summed E-state index contributed by atoms with van der Waals surface area (Å²) in [6.45, 7) is 2.39. The molecule has 0 spiro atoms. The summed E-state index contributed by atoms with van der Waals surface area (Å²) in [5, 5.41) is 0. The lowest BCUT2D eigenvalue weighted by molar-refractivity contribution is 0.505. The lowest BCUT2D eigenvalue weighted by atomic mass is 9.89. The van der Waals surface area contributed by atoms with Gasteiger partial charge in [0, 0.05) is 0 Å². The fraction of sp³-hybridized carbons (Fsp3) is 0.429. The summed E-state index contributed by atoms with van der Waals surface area (Å²) in [5.41, 5.74) is 6.48. The largest absolute Gasteiger partial charge is 0.0620 e. The molecule has 2 aromatic rings. The van der Waals surface area contributed by atoms with Gasteiger partial charge >= 0.3 is 0 Å². The van der Waals surface area contributed by atoms with Crippen LogP contribution in [0.3, 0.4) is 0 Å². The molecular formula is C21H24. The minimum atomic E-state index is 0.752. The van der Waals surface area contributed by atoms with Crippen LogP contribution in [-0.2, 0) is 6.42 Å². The van der Waals surface area contributed by atoms with Gasteiger partial charge in [-0.05, 0) is 72.1 Å². The van der Waals surface area contributed by atoms with Gasteiger partial charge in [-0.15, -0.1) is 0 Å². The first-order chi connectivity index (χ1) is 10.3. The van der Waals surface area contributed by atoms with Crippen LogP contribution < -0.4 is 0 Å². The van der Waals surface area contributed by atoms with Gasteiger partial charge in [0.1, 0.15) is 0 Å². The smallest absolute Gasteiger partial charge is 0.0153 e. The summed E-state index contributed by atoms with van der Waals surface area (Å²) in [7, 11) is 0. The molecular weight excluding hydrogens is 252 g/mol. The molecule has 0 nitrogen and oxygen atoms in total. The summed E-state index contributed by atoms with van der Waals surface area (Å²) < 4.78 is 0. The van der Waals surface area contributed by atoms with E-state index in [2.05, 4.69) is 55.5 Å². The maximum Gasteiger partial charge on any atom is -0.0153 e. The van der Waals surface area contributed by atoms with Crippen LogP contribution in [-0.4, -0.2) is 0 Å². The molecule has 0 fully saturated rings. The van der Waals surface area contributed by atoms with Gasteiger partial charge in [-0.2, -0.15) is 0 Å². The molecule has 3 atom stereocenters. The Morgan fingerprint density at radius 1 is 0.810 bits per heavy atom. The molecule has 108 valence electrons. The van der Waals surface area contributed by atoms with E-state index >= 15 is 0 Å². The van der Waals surface area contributed by atoms with E-state index in [1.54, 1.807) is 22.3 Å². The fourth-order valence-corrected chi connectivity index (χ4v) is 4.63. The zero-order valence-corrected chi connectivity index (χ0v) is 12.9. The average Bonchev–Trinajstić information content (AvgIpc) is 3.08. The van der Waals surface area contributed by atoms with Crippen LogP contribution >= 0.6 is 0 Å². The van der Waals surface area contributed by atoms with E-state index in [9.17, 15) is 0 Å². The Morgan fingerprint density at radius 2 is 1.48 bits per heavy atom. The van der Waals surface area contributed by atoms with Crippen molar-refractivity contribution >= 4 is 0 Å². The maximum absolute atomic E-state index is 2.39. The third-order valence-electron chi connectivity index (χ3n) is 5.73. The molecule has 21 heavy (non-hydrogen) atoms. The van der Waals surface area contributed by atoms with Crippen LogP contribution in [0.2, 0.25) is 0 Å². The highest BCUT2D eigenvalue weighted by Crippen LogP contribution is 2.46. The first-order valence-electron chi connectivity index (χ1n) is 8.49. The van der Waals surface area contributed by atoms with Gasteiger partial charge in [-0.25, -0.2) is 0 Å². The van der Waals surface area contributed by atoms with Crippen LogP contribution in [0, 0.1) is 0 Å². The van der Waals surface area contributed by atoms with E-state index in [0.29, 0.717) is 0 Å². The Balaban J connectivity index is 1.47. The minimum Gasteiger partial charge on any atom is -0.0620 e. The van der Waals surface area contributed by atoms with Crippen molar-refractivity contribution in [2.75, 3.05) is 0 Å². The lowest BCUT2D eigenvalue weighted by Gasteiger charge is -2.16. The summed E-state index contributed by atoms with van der Waals surface area (Å²) in [4.78, 5) is 0. The number of rotatable bonds is 3. The molecule has 2 aromatic carbocycles. The molecule has 2 aliphatic carbocycles. The van der Waals surface area contributed by atoms with Crippen molar-refractivity contribution in [2.24, 2.45) is 0 Å². The second-order valence-corrected chi connectivity index (χ2v) is 6.97. The highest BCUT2D eigenvalue weighted by Gasteiger charge is 2.29. The van der Waals surface area contributed by atoms with Crippen molar-refractivity contribution < 1.29 is 0 Å². The SMILES string of the molecule is CC1CC(CCC2CCc3ccccc32)c2ccccc21. The zero-order valence-electron chi connectivity index (χ0n) is 12.9. The normalized spacial score (nSPS) is 26.6. The molecule has 2 aliphatic rings. The molecule has 0 bridgehead atoms. The van der Waals surface area contributed by atoms with Crippen molar-refractivity contribution in [3.8, 4) is 0 Å². The second-order valence-electron chi connectivity index (χ2n) is 6.97. The molecule has 0 aromatic heterocycles. The van der Waals surface area contributed by atoms with Crippen molar-refractivity contribution in [1.82, 2.24) is 0 Å². The van der Waals surface area contributed by atoms with E-state index in [-0.39, 0.29) is 0 Å². The van der Waals surface area contributed by atoms with Gasteiger partial charge in [0.25, 0.3) is 0 Å². The van der Waals surface area contributed by atoms with Gasteiger partial charge in [-0.3, -0.25) is 0 Å². The van der Waals surface area contributed by atoms with E-state index in [1.165, 1.54) is 32.1 Å². The lowest BCUT2D eigenvalue weighted by Crippen LogP contribution is -1.99. The highest BCUT2D eigenvalue weighted by atomic mass is 14.3. The van der Waals surface area contributed by atoms with E-state index in [4.69, 9.17) is 0 Å². The Kier molecular flexibility index (Phi) is 3.33. The van der Waals surface area contributed by atoms with Gasteiger partial charge < -0.3 is 0 Å². The number of hydrogen-bond acceptors (Lipinski definition) is 0. The maximum atomic E-state index is 2.39. The van der Waals surface area contributed by atoms with Gasteiger partial charge in [-0.1, -0.05) is 55.5 Å². The molecule has 0 heterocycles. The standard InChI is InChI=1S/C21H24/c1-15-14-18(21-9-5-4-7-19(15)21)13-12-17-11-10-16-6-2-3-8-20(16)17/h2-9,15,17-18H,10-14H2,1H3. The Hall–Kier alpha value is -1.56. The van der Waals surface area contributed by atoms with Crippen molar-refractivity contribution in [3.05, 3.63) is 70.8 Å². The zero-order chi connectivity index (χ0) is 14.2. The third-order valence-corrected chi connectivity index (χ3v) is 5.73. The topological polar surface area (TPSA) is 0 Å².